The second kappa shape index (κ2) is 12.8. The molecule has 0 bridgehead atoms. The van der Waals surface area contributed by atoms with Crippen LogP contribution in [0.1, 0.15) is 65.8 Å². The Morgan fingerprint density at radius 2 is 1.58 bits per heavy atom. The Morgan fingerprint density at radius 1 is 0.958 bits per heavy atom. The third-order valence-electron chi connectivity index (χ3n) is 3.87. The van der Waals surface area contributed by atoms with Crippen LogP contribution in [0, 0.1) is 5.41 Å². The molecule has 0 unspecified atom stereocenters. The van der Waals surface area contributed by atoms with E-state index in [1.54, 1.807) is 19.1 Å². The second-order valence-corrected chi connectivity index (χ2v) is 6.29. The van der Waals surface area contributed by atoms with Crippen LogP contribution < -0.4 is 0 Å². The van der Waals surface area contributed by atoms with Gasteiger partial charge in [-0.15, -0.1) is 0 Å². The topological polar surface area (TPSA) is 94.8 Å². The lowest BCUT2D eigenvalue weighted by Crippen LogP contribution is -2.29. The minimum Gasteiger partial charge on any atom is -0.396 e. The number of aryl methyl sites for hydroxylation is 1. The summed E-state index contributed by atoms with van der Waals surface area (Å²) in [5.41, 5.74) is 1.65. The summed E-state index contributed by atoms with van der Waals surface area (Å²) in [6.45, 7) is 3.23. The predicted molar refractivity (Wildman–Crippen MR) is 94.4 cm³/mol. The number of carbonyl (C=O) groups excluding carboxylic acids is 2. The average molecular weight is 338 g/mol. The van der Waals surface area contributed by atoms with Gasteiger partial charge in [-0.2, -0.15) is 0 Å². The highest BCUT2D eigenvalue weighted by Gasteiger charge is 2.20. The van der Waals surface area contributed by atoms with Gasteiger partial charge in [0.2, 0.25) is 0 Å². The van der Waals surface area contributed by atoms with Gasteiger partial charge in [-0.25, -0.2) is 0 Å². The van der Waals surface area contributed by atoms with Crippen LogP contribution in [0.4, 0.5) is 0 Å². The second-order valence-electron chi connectivity index (χ2n) is 6.29. The van der Waals surface area contributed by atoms with E-state index in [1.165, 1.54) is 19.3 Å². The van der Waals surface area contributed by atoms with Gasteiger partial charge in [0.15, 0.2) is 0 Å². The van der Waals surface area contributed by atoms with Crippen LogP contribution in [0.2, 0.25) is 0 Å². The molecule has 1 aromatic rings. The highest BCUT2D eigenvalue weighted by Crippen LogP contribution is 2.14. The predicted octanol–water partition coefficient (Wildman–Crippen LogP) is 2.40. The molecule has 5 nitrogen and oxygen atoms in total. The number of aliphatic hydroxyl groups is 3. The lowest BCUT2D eigenvalue weighted by atomic mass is 9.95. The Morgan fingerprint density at radius 3 is 2.00 bits per heavy atom. The van der Waals surface area contributed by atoms with Crippen molar-refractivity contribution in [3.05, 3.63) is 34.9 Å². The molecule has 0 spiro atoms. The first-order chi connectivity index (χ1) is 11.5. The largest absolute Gasteiger partial charge is 0.396 e. The van der Waals surface area contributed by atoms with E-state index in [9.17, 15) is 9.59 Å². The van der Waals surface area contributed by atoms with Crippen molar-refractivity contribution >= 4 is 12.6 Å². The fraction of sp³-hybridized carbons (Fsp3) is 0.579. The van der Waals surface area contributed by atoms with Gasteiger partial charge in [-0.1, -0.05) is 45.2 Å². The van der Waals surface area contributed by atoms with E-state index >= 15 is 0 Å². The fourth-order valence-corrected chi connectivity index (χ4v) is 1.92. The Labute approximate surface area is 144 Å². The zero-order chi connectivity index (χ0) is 18.4. The van der Waals surface area contributed by atoms with Crippen molar-refractivity contribution in [3.8, 4) is 0 Å². The summed E-state index contributed by atoms with van der Waals surface area (Å²) < 4.78 is 0. The van der Waals surface area contributed by atoms with Gasteiger partial charge in [0.1, 0.15) is 12.6 Å². The van der Waals surface area contributed by atoms with Crippen molar-refractivity contribution in [1.82, 2.24) is 0 Å². The van der Waals surface area contributed by atoms with E-state index in [-0.39, 0.29) is 19.8 Å². The Bertz CT molecular complexity index is 472. The number of rotatable bonds is 10. The quantitative estimate of drug-likeness (QED) is 0.450. The number of aldehydes is 2. The average Bonchev–Trinajstić information content (AvgIpc) is 2.64. The number of aliphatic hydroxyl groups excluding tert-OH is 3. The molecule has 0 aliphatic heterocycles. The van der Waals surface area contributed by atoms with Crippen LogP contribution in [0.3, 0.4) is 0 Å². The lowest BCUT2D eigenvalue weighted by Gasteiger charge is -2.20. The van der Waals surface area contributed by atoms with Crippen LogP contribution in [0.5, 0.6) is 0 Å². The van der Waals surface area contributed by atoms with Crippen LogP contribution >= 0.6 is 0 Å². The van der Waals surface area contributed by atoms with Crippen LogP contribution in [-0.4, -0.2) is 47.7 Å². The Balaban J connectivity index is 0.000000561. The molecular formula is C19H30O5. The molecule has 0 aromatic heterocycles. The summed E-state index contributed by atoms with van der Waals surface area (Å²) >= 11 is 0. The van der Waals surface area contributed by atoms with Gasteiger partial charge in [-0.05, 0) is 24.5 Å². The van der Waals surface area contributed by atoms with Crippen LogP contribution in [0.25, 0.3) is 0 Å². The van der Waals surface area contributed by atoms with E-state index in [0.29, 0.717) is 11.1 Å². The summed E-state index contributed by atoms with van der Waals surface area (Å²) in [5.74, 6) is 0. The highest BCUT2D eigenvalue weighted by atomic mass is 16.3. The number of unbranched alkanes of at least 4 members (excludes halogenated alkanes) is 3. The highest BCUT2D eigenvalue weighted by molar-refractivity contribution is 5.81. The molecule has 5 heteroatoms. The standard InChI is InChI=1S/C14H18O2.C5H12O3/c1-2-3-4-5-6-13-9-12(10-15)7-8-14(13)11-16;1-5(2-6,3-7)4-8/h7-11H,2-6H2,1H3;6-8H,2-4H2,1H3. The Kier molecular flexibility index (Phi) is 12.0. The minimum atomic E-state index is -0.708. The molecule has 0 atom stereocenters. The fourth-order valence-electron chi connectivity index (χ4n) is 1.92. The Hall–Kier alpha value is -1.56. The van der Waals surface area contributed by atoms with E-state index in [2.05, 4.69) is 6.92 Å². The lowest BCUT2D eigenvalue weighted by molar-refractivity contribution is 0.0200. The number of hydrogen-bond acceptors (Lipinski definition) is 5. The smallest absolute Gasteiger partial charge is 0.150 e. The van der Waals surface area contributed by atoms with Gasteiger partial charge in [0.05, 0.1) is 19.8 Å². The van der Waals surface area contributed by atoms with Crippen LogP contribution in [-0.2, 0) is 6.42 Å². The molecule has 0 amide bonds. The number of benzene rings is 1. The number of hydrogen-bond donors (Lipinski definition) is 3. The maximum atomic E-state index is 10.8. The molecule has 0 saturated heterocycles. The van der Waals surface area contributed by atoms with Gasteiger partial charge in [-0.3, -0.25) is 9.59 Å². The monoisotopic (exact) mass is 338 g/mol. The first-order valence-corrected chi connectivity index (χ1v) is 8.36. The minimum absolute atomic E-state index is 0.181. The summed E-state index contributed by atoms with van der Waals surface area (Å²) in [7, 11) is 0. The molecule has 0 aliphatic carbocycles. The van der Waals surface area contributed by atoms with Crippen LogP contribution in [0.15, 0.2) is 18.2 Å². The van der Waals surface area contributed by atoms with Crippen molar-refractivity contribution in [3.63, 3.8) is 0 Å². The molecule has 1 rings (SSSR count). The maximum Gasteiger partial charge on any atom is 0.150 e. The summed E-state index contributed by atoms with van der Waals surface area (Å²) in [4.78, 5) is 21.5. The summed E-state index contributed by atoms with van der Waals surface area (Å²) in [5, 5.41) is 25.4. The molecule has 0 saturated carbocycles. The van der Waals surface area contributed by atoms with E-state index in [0.717, 1.165) is 31.0 Å². The van der Waals surface area contributed by atoms with Gasteiger partial charge >= 0.3 is 0 Å². The zero-order valence-electron chi connectivity index (χ0n) is 14.7. The van der Waals surface area contributed by atoms with E-state index in [1.807, 2.05) is 6.07 Å². The third kappa shape index (κ3) is 8.34. The molecule has 0 heterocycles. The molecule has 0 radical (unpaired) electrons. The SMILES string of the molecule is CC(CO)(CO)CO.CCCCCCc1cc(C=O)ccc1C=O. The normalized spacial score (nSPS) is 10.7. The number of carbonyl (C=O) groups is 2. The first kappa shape index (κ1) is 22.4. The van der Waals surface area contributed by atoms with E-state index in [4.69, 9.17) is 15.3 Å². The summed E-state index contributed by atoms with van der Waals surface area (Å²) in [6, 6.07) is 5.24. The zero-order valence-corrected chi connectivity index (χ0v) is 14.7. The van der Waals surface area contributed by atoms with Crippen molar-refractivity contribution in [2.24, 2.45) is 5.41 Å². The molecule has 136 valence electrons. The maximum absolute atomic E-state index is 10.8. The first-order valence-electron chi connectivity index (χ1n) is 8.36. The molecular weight excluding hydrogens is 308 g/mol. The van der Waals surface area contributed by atoms with Gasteiger partial charge < -0.3 is 15.3 Å². The van der Waals surface area contributed by atoms with E-state index < -0.39 is 5.41 Å². The summed E-state index contributed by atoms with van der Waals surface area (Å²) in [6.07, 6.45) is 7.26. The molecule has 24 heavy (non-hydrogen) atoms. The third-order valence-corrected chi connectivity index (χ3v) is 3.87. The molecule has 0 aliphatic rings. The molecule has 0 fully saturated rings. The molecule has 3 N–H and O–H groups in total. The van der Waals surface area contributed by atoms with Crippen molar-refractivity contribution in [2.45, 2.75) is 46.0 Å². The van der Waals surface area contributed by atoms with Crippen molar-refractivity contribution in [1.29, 1.82) is 0 Å². The van der Waals surface area contributed by atoms with Gasteiger partial charge in [0, 0.05) is 16.5 Å². The van der Waals surface area contributed by atoms with Crippen molar-refractivity contribution in [2.75, 3.05) is 19.8 Å². The molecule has 1 aromatic carbocycles. The van der Waals surface area contributed by atoms with Crippen molar-refractivity contribution < 1.29 is 24.9 Å². The van der Waals surface area contributed by atoms with Gasteiger partial charge in [0.25, 0.3) is 0 Å².